The second-order valence-corrected chi connectivity index (χ2v) is 3.71. The largest absolute Gasteiger partial charge is 0.460 e. The summed E-state index contributed by atoms with van der Waals surface area (Å²) in [6.07, 6.45) is 0. The van der Waals surface area contributed by atoms with Crippen molar-refractivity contribution in [3.05, 3.63) is 54.3 Å². The molecule has 0 saturated carbocycles. The van der Waals surface area contributed by atoms with Crippen molar-refractivity contribution in [2.24, 2.45) is 0 Å². The molecule has 3 aromatic rings. The highest BCUT2D eigenvalue weighted by molar-refractivity contribution is 5.80. The lowest BCUT2D eigenvalue weighted by molar-refractivity contribution is 0.546. The van der Waals surface area contributed by atoms with Gasteiger partial charge in [0.1, 0.15) is 11.5 Å². The molecule has 0 fully saturated rings. The number of pyridine rings is 1. The molecule has 1 radical (unpaired) electrons. The minimum Gasteiger partial charge on any atom is -0.460 e. The summed E-state index contributed by atoms with van der Waals surface area (Å²) >= 11 is 0. The lowest BCUT2D eigenvalue weighted by atomic mass is 10.2. The van der Waals surface area contributed by atoms with Crippen LogP contribution >= 0.6 is 0 Å². The highest BCUT2D eigenvalue weighted by atomic mass is 16.3. The zero-order valence-electron chi connectivity index (χ0n) is 8.90. The summed E-state index contributed by atoms with van der Waals surface area (Å²) in [7, 11) is 0. The Morgan fingerprint density at radius 3 is 2.81 bits per heavy atom. The van der Waals surface area contributed by atoms with E-state index in [1.54, 1.807) is 0 Å². The van der Waals surface area contributed by atoms with E-state index in [0.717, 1.165) is 28.1 Å². The van der Waals surface area contributed by atoms with Crippen molar-refractivity contribution >= 4 is 10.9 Å². The van der Waals surface area contributed by atoms with Crippen molar-refractivity contribution in [3.63, 3.8) is 0 Å². The second kappa shape index (κ2) is 3.49. The number of aromatic nitrogens is 1. The van der Waals surface area contributed by atoms with Crippen LogP contribution in [0, 0.1) is 13.0 Å². The first-order chi connectivity index (χ1) is 7.83. The molecule has 2 heteroatoms. The fourth-order valence-electron chi connectivity index (χ4n) is 1.70. The number of rotatable bonds is 1. The third kappa shape index (κ3) is 1.48. The Morgan fingerprint density at radius 1 is 1.12 bits per heavy atom. The fraction of sp³-hybridized carbons (Fsp3) is 0.0714. The molecule has 0 saturated heterocycles. The van der Waals surface area contributed by atoms with Gasteiger partial charge in [-0.2, -0.15) is 0 Å². The van der Waals surface area contributed by atoms with Gasteiger partial charge in [0.05, 0.1) is 5.52 Å². The van der Waals surface area contributed by atoms with Crippen LogP contribution in [-0.4, -0.2) is 4.98 Å². The van der Waals surface area contributed by atoms with Crippen LogP contribution < -0.4 is 0 Å². The Bertz CT molecular complexity index is 640. The number of nitrogens with zero attached hydrogens (tertiary/aromatic N) is 1. The minimum atomic E-state index is 0.791. The van der Waals surface area contributed by atoms with Crippen LogP contribution in [0.1, 0.15) is 5.76 Å². The van der Waals surface area contributed by atoms with Crippen molar-refractivity contribution in [3.8, 4) is 11.5 Å². The maximum Gasteiger partial charge on any atom is 0.152 e. The van der Waals surface area contributed by atoms with E-state index in [9.17, 15) is 0 Å². The highest BCUT2D eigenvalue weighted by Gasteiger charge is 2.04. The fourth-order valence-corrected chi connectivity index (χ4v) is 1.70. The first kappa shape index (κ1) is 9.16. The third-order valence-corrected chi connectivity index (χ3v) is 2.50. The number of furan rings is 1. The SMILES string of the molecule is Cc1ccc(-c2c[c]c3ccccc3n2)o1. The molecule has 1 aromatic carbocycles. The Labute approximate surface area is 93.5 Å². The summed E-state index contributed by atoms with van der Waals surface area (Å²) < 4.78 is 5.54. The van der Waals surface area contributed by atoms with Gasteiger partial charge in [0.15, 0.2) is 5.76 Å². The van der Waals surface area contributed by atoms with Gasteiger partial charge in [0.2, 0.25) is 0 Å². The monoisotopic (exact) mass is 208 g/mol. The quantitative estimate of drug-likeness (QED) is 0.610. The van der Waals surface area contributed by atoms with Gasteiger partial charge >= 0.3 is 0 Å². The predicted molar refractivity (Wildman–Crippen MR) is 63.0 cm³/mol. The van der Waals surface area contributed by atoms with Crippen LogP contribution in [0.3, 0.4) is 0 Å². The van der Waals surface area contributed by atoms with Gasteiger partial charge in [0.25, 0.3) is 0 Å². The van der Waals surface area contributed by atoms with Crippen molar-refractivity contribution < 1.29 is 4.42 Å². The molecule has 0 aliphatic rings. The number of aryl methyl sites for hydroxylation is 1. The maximum atomic E-state index is 5.54. The van der Waals surface area contributed by atoms with Gasteiger partial charge in [-0.05, 0) is 37.3 Å². The number of benzene rings is 1. The van der Waals surface area contributed by atoms with Crippen molar-refractivity contribution in [1.82, 2.24) is 4.98 Å². The lowest BCUT2D eigenvalue weighted by Crippen LogP contribution is -1.83. The molecular formula is C14H10NO. The average molecular weight is 208 g/mol. The molecule has 0 bridgehead atoms. The molecule has 77 valence electrons. The number of hydrogen-bond donors (Lipinski definition) is 0. The maximum absolute atomic E-state index is 5.54. The lowest BCUT2D eigenvalue weighted by Gasteiger charge is -1.99. The van der Waals surface area contributed by atoms with Crippen LogP contribution in [0.2, 0.25) is 0 Å². The van der Waals surface area contributed by atoms with Crippen LogP contribution in [0.4, 0.5) is 0 Å². The molecular weight excluding hydrogens is 198 g/mol. The molecule has 0 spiro atoms. The molecule has 0 N–H and O–H groups in total. The predicted octanol–water partition coefficient (Wildman–Crippen LogP) is 3.60. The Hall–Kier alpha value is -2.09. The van der Waals surface area contributed by atoms with E-state index in [1.165, 1.54) is 0 Å². The number of para-hydroxylation sites is 1. The van der Waals surface area contributed by atoms with E-state index < -0.39 is 0 Å². The van der Waals surface area contributed by atoms with Crippen LogP contribution in [0.25, 0.3) is 22.4 Å². The smallest absolute Gasteiger partial charge is 0.152 e. The molecule has 0 unspecified atom stereocenters. The number of hydrogen-bond acceptors (Lipinski definition) is 2. The van der Waals surface area contributed by atoms with E-state index in [-0.39, 0.29) is 0 Å². The summed E-state index contributed by atoms with van der Waals surface area (Å²) in [5, 5.41) is 1.02. The van der Waals surface area contributed by atoms with Crippen molar-refractivity contribution in [1.29, 1.82) is 0 Å². The van der Waals surface area contributed by atoms with Crippen LogP contribution in [-0.2, 0) is 0 Å². The molecule has 2 heterocycles. The minimum absolute atomic E-state index is 0.791. The summed E-state index contributed by atoms with van der Waals surface area (Å²) in [6, 6.07) is 16.9. The molecule has 3 rings (SSSR count). The molecule has 0 amide bonds. The summed E-state index contributed by atoms with van der Waals surface area (Å²) in [6.45, 7) is 1.92. The molecule has 2 aromatic heterocycles. The Kier molecular flexibility index (Phi) is 2.00. The molecule has 16 heavy (non-hydrogen) atoms. The van der Waals surface area contributed by atoms with Crippen LogP contribution in [0.15, 0.2) is 46.9 Å². The molecule has 0 aliphatic carbocycles. The first-order valence-corrected chi connectivity index (χ1v) is 5.17. The normalized spacial score (nSPS) is 10.8. The highest BCUT2D eigenvalue weighted by Crippen LogP contribution is 2.22. The average Bonchev–Trinajstić information content (AvgIpc) is 2.75. The van der Waals surface area contributed by atoms with Crippen LogP contribution in [0.5, 0.6) is 0 Å². The van der Waals surface area contributed by atoms with Gasteiger partial charge in [-0.1, -0.05) is 18.2 Å². The second-order valence-electron chi connectivity index (χ2n) is 3.71. The van der Waals surface area contributed by atoms with E-state index in [1.807, 2.05) is 49.4 Å². The van der Waals surface area contributed by atoms with E-state index in [2.05, 4.69) is 11.1 Å². The summed E-state index contributed by atoms with van der Waals surface area (Å²) in [5.41, 5.74) is 1.76. The summed E-state index contributed by atoms with van der Waals surface area (Å²) in [4.78, 5) is 4.53. The van der Waals surface area contributed by atoms with Gasteiger partial charge in [-0.15, -0.1) is 0 Å². The topological polar surface area (TPSA) is 26.0 Å². The van der Waals surface area contributed by atoms with Crippen molar-refractivity contribution in [2.45, 2.75) is 6.92 Å². The zero-order chi connectivity index (χ0) is 11.0. The standard InChI is InChI=1S/C14H10NO/c1-10-6-9-14(16-10)13-8-7-11-4-2-3-5-12(11)15-13/h2-6,8-9H,1H3. The van der Waals surface area contributed by atoms with Gasteiger partial charge in [-0.3, -0.25) is 0 Å². The van der Waals surface area contributed by atoms with Gasteiger partial charge in [0, 0.05) is 5.39 Å². The van der Waals surface area contributed by atoms with Gasteiger partial charge in [-0.25, -0.2) is 4.98 Å². The Morgan fingerprint density at radius 2 is 2.00 bits per heavy atom. The van der Waals surface area contributed by atoms with Crippen molar-refractivity contribution in [2.75, 3.05) is 0 Å². The molecule has 2 nitrogen and oxygen atoms in total. The third-order valence-electron chi connectivity index (χ3n) is 2.50. The molecule has 0 aliphatic heterocycles. The van der Waals surface area contributed by atoms with E-state index in [4.69, 9.17) is 4.42 Å². The Balaban J connectivity index is 2.18. The zero-order valence-corrected chi connectivity index (χ0v) is 8.90. The number of fused-ring (bicyclic) bond motifs is 1. The first-order valence-electron chi connectivity index (χ1n) is 5.17. The van der Waals surface area contributed by atoms with E-state index >= 15 is 0 Å². The van der Waals surface area contributed by atoms with Gasteiger partial charge < -0.3 is 4.42 Å². The molecule has 0 atom stereocenters. The van der Waals surface area contributed by atoms with E-state index in [0.29, 0.717) is 0 Å². The summed E-state index contributed by atoms with van der Waals surface area (Å²) in [5.74, 6) is 1.68.